The summed E-state index contributed by atoms with van der Waals surface area (Å²) in [5, 5.41) is 4.92. The summed E-state index contributed by atoms with van der Waals surface area (Å²) in [5.41, 5.74) is 7.30. The summed E-state index contributed by atoms with van der Waals surface area (Å²) in [6, 6.07) is 32.0. The number of aromatic nitrogens is 2. The predicted octanol–water partition coefficient (Wildman–Crippen LogP) is 8.42. The van der Waals surface area contributed by atoms with Gasteiger partial charge in [-0.2, -0.15) is 0 Å². The highest BCUT2D eigenvalue weighted by Crippen LogP contribution is 2.44. The first kappa shape index (κ1) is 26.1. The molecule has 1 aliphatic rings. The highest BCUT2D eigenvalue weighted by Gasteiger charge is 2.42. The van der Waals surface area contributed by atoms with E-state index in [1.165, 1.54) is 0 Å². The zero-order valence-electron chi connectivity index (χ0n) is 22.5. The van der Waals surface area contributed by atoms with Crippen molar-refractivity contribution in [1.29, 1.82) is 0 Å². The van der Waals surface area contributed by atoms with Crippen LogP contribution in [0.3, 0.4) is 0 Å². The second kappa shape index (κ2) is 10.8. The zero-order chi connectivity index (χ0) is 27.8. The van der Waals surface area contributed by atoms with Crippen molar-refractivity contribution in [2.45, 2.75) is 32.9 Å². The average molecular weight is 565 g/mol. The molecule has 0 saturated carbocycles. The molecule has 0 radical (unpaired) electrons. The standard InChI is InChI=1S/C33H29ClN4OS/c1-21-10-4-7-14-30(21)39-25-17-15-24(16-18-25)38-32(31(36-33(38)40)28-12-8-9-19-35-28)26-20-22(2)37(23(26)3)29-13-6-5-11-27(29)34/h4-20,31-32H,1-3H3,(H,36,40)/t31-,32+/m1/s1. The van der Waals surface area contributed by atoms with E-state index in [1.54, 1.807) is 0 Å². The second-order valence-corrected chi connectivity index (χ2v) is 10.8. The van der Waals surface area contributed by atoms with Gasteiger partial charge in [-0.05, 0) is 105 Å². The molecule has 200 valence electrons. The number of hydrogen-bond acceptors (Lipinski definition) is 3. The quantitative estimate of drug-likeness (QED) is 0.210. The van der Waals surface area contributed by atoms with Gasteiger partial charge in [-0.1, -0.05) is 48.0 Å². The molecule has 40 heavy (non-hydrogen) atoms. The molecule has 3 aromatic carbocycles. The van der Waals surface area contributed by atoms with Gasteiger partial charge >= 0.3 is 0 Å². The maximum atomic E-state index is 6.64. The first-order chi connectivity index (χ1) is 19.4. The minimum Gasteiger partial charge on any atom is -0.457 e. The fourth-order valence-corrected chi connectivity index (χ4v) is 6.08. The summed E-state index contributed by atoms with van der Waals surface area (Å²) in [4.78, 5) is 6.89. The molecule has 5 aromatic rings. The molecule has 7 heteroatoms. The van der Waals surface area contributed by atoms with Gasteiger partial charge in [0.05, 0.1) is 28.5 Å². The number of benzene rings is 3. The van der Waals surface area contributed by atoms with Gasteiger partial charge in [-0.15, -0.1) is 0 Å². The van der Waals surface area contributed by atoms with Gasteiger partial charge in [0, 0.05) is 23.3 Å². The van der Waals surface area contributed by atoms with Gasteiger partial charge in [-0.3, -0.25) is 4.98 Å². The van der Waals surface area contributed by atoms with Crippen molar-refractivity contribution in [2.24, 2.45) is 0 Å². The summed E-state index contributed by atoms with van der Waals surface area (Å²) in [5.74, 6) is 1.61. The van der Waals surface area contributed by atoms with Crippen LogP contribution in [-0.4, -0.2) is 14.7 Å². The Morgan fingerprint density at radius 2 is 1.60 bits per heavy atom. The average Bonchev–Trinajstić information content (AvgIpc) is 3.46. The van der Waals surface area contributed by atoms with Crippen LogP contribution in [-0.2, 0) is 0 Å². The van der Waals surface area contributed by atoms with Crippen molar-refractivity contribution in [3.8, 4) is 17.2 Å². The highest BCUT2D eigenvalue weighted by molar-refractivity contribution is 7.80. The fraction of sp³-hybridized carbons (Fsp3) is 0.152. The Morgan fingerprint density at radius 1 is 0.875 bits per heavy atom. The second-order valence-electron chi connectivity index (χ2n) is 9.97. The van der Waals surface area contributed by atoms with Crippen molar-refractivity contribution in [3.05, 3.63) is 136 Å². The Balaban J connectivity index is 1.42. The SMILES string of the molecule is Cc1ccccc1Oc1ccc(N2C(=S)N[C@H](c3ccccn3)[C@@H]2c2cc(C)n(-c3ccccc3Cl)c2C)cc1. The number of aryl methyl sites for hydroxylation is 2. The van der Waals surface area contributed by atoms with Crippen molar-refractivity contribution in [1.82, 2.24) is 14.9 Å². The number of anilines is 1. The van der Waals surface area contributed by atoms with E-state index >= 15 is 0 Å². The maximum Gasteiger partial charge on any atom is 0.174 e. The number of rotatable bonds is 6. The summed E-state index contributed by atoms with van der Waals surface area (Å²) in [6.07, 6.45) is 1.82. The lowest BCUT2D eigenvalue weighted by molar-refractivity contribution is 0.479. The molecular formula is C33H29ClN4OS. The summed E-state index contributed by atoms with van der Waals surface area (Å²) < 4.78 is 8.38. The number of nitrogens with zero attached hydrogens (tertiary/aromatic N) is 3. The molecule has 3 heterocycles. The van der Waals surface area contributed by atoms with E-state index in [1.807, 2.05) is 92.0 Å². The summed E-state index contributed by atoms with van der Waals surface area (Å²) in [6.45, 7) is 6.29. The molecule has 5 nitrogen and oxygen atoms in total. The lowest BCUT2D eigenvalue weighted by Gasteiger charge is -2.28. The third kappa shape index (κ3) is 4.74. The molecule has 0 unspecified atom stereocenters. The number of nitrogens with one attached hydrogen (secondary N) is 1. The van der Waals surface area contributed by atoms with Crippen LogP contribution in [0.2, 0.25) is 5.02 Å². The first-order valence-electron chi connectivity index (χ1n) is 13.2. The van der Waals surface area contributed by atoms with Crippen LogP contribution in [0.5, 0.6) is 11.5 Å². The van der Waals surface area contributed by atoms with Gasteiger partial charge in [0.2, 0.25) is 0 Å². The largest absolute Gasteiger partial charge is 0.457 e. The normalized spacial score (nSPS) is 16.7. The number of para-hydroxylation sites is 2. The van der Waals surface area contributed by atoms with Crippen LogP contribution in [0.15, 0.2) is 103 Å². The van der Waals surface area contributed by atoms with Crippen LogP contribution >= 0.6 is 23.8 Å². The molecule has 1 aliphatic heterocycles. The molecule has 0 bridgehead atoms. The van der Waals surface area contributed by atoms with E-state index in [2.05, 4.69) is 46.8 Å². The van der Waals surface area contributed by atoms with E-state index in [0.29, 0.717) is 10.1 Å². The molecule has 0 spiro atoms. The van der Waals surface area contributed by atoms with Crippen LogP contribution < -0.4 is 15.0 Å². The van der Waals surface area contributed by atoms with Gasteiger partial charge in [0.1, 0.15) is 11.5 Å². The van der Waals surface area contributed by atoms with Gasteiger partial charge in [0.25, 0.3) is 0 Å². The lowest BCUT2D eigenvalue weighted by Crippen LogP contribution is -2.29. The Morgan fingerprint density at radius 3 is 2.33 bits per heavy atom. The van der Waals surface area contributed by atoms with Gasteiger partial charge in [0.15, 0.2) is 5.11 Å². The summed E-state index contributed by atoms with van der Waals surface area (Å²) in [7, 11) is 0. The van der Waals surface area contributed by atoms with Crippen molar-refractivity contribution in [3.63, 3.8) is 0 Å². The molecule has 6 rings (SSSR count). The Labute approximate surface area is 245 Å². The lowest BCUT2D eigenvalue weighted by atomic mass is 9.96. The molecule has 1 fully saturated rings. The topological polar surface area (TPSA) is 42.3 Å². The van der Waals surface area contributed by atoms with Crippen molar-refractivity contribution < 1.29 is 4.74 Å². The third-order valence-electron chi connectivity index (χ3n) is 7.42. The first-order valence-corrected chi connectivity index (χ1v) is 14.0. The molecule has 0 amide bonds. The molecule has 1 N–H and O–H groups in total. The van der Waals surface area contributed by atoms with Gasteiger partial charge < -0.3 is 19.5 Å². The van der Waals surface area contributed by atoms with E-state index in [4.69, 9.17) is 33.5 Å². The monoisotopic (exact) mass is 564 g/mol. The van der Waals surface area contributed by atoms with Crippen LogP contribution in [0.4, 0.5) is 5.69 Å². The molecule has 0 aliphatic carbocycles. The van der Waals surface area contributed by atoms with Crippen molar-refractivity contribution >= 4 is 34.6 Å². The third-order valence-corrected chi connectivity index (χ3v) is 8.05. The van der Waals surface area contributed by atoms with Crippen LogP contribution in [0.25, 0.3) is 5.69 Å². The molecule has 2 aromatic heterocycles. The minimum atomic E-state index is -0.142. The number of thiocarbonyl (C=S) groups is 1. The molecular weight excluding hydrogens is 536 g/mol. The summed E-state index contributed by atoms with van der Waals surface area (Å²) >= 11 is 12.6. The van der Waals surface area contributed by atoms with E-state index < -0.39 is 0 Å². The van der Waals surface area contributed by atoms with Gasteiger partial charge in [-0.25, -0.2) is 0 Å². The van der Waals surface area contributed by atoms with E-state index in [0.717, 1.165) is 51.1 Å². The van der Waals surface area contributed by atoms with E-state index in [9.17, 15) is 0 Å². The van der Waals surface area contributed by atoms with Crippen LogP contribution in [0.1, 0.15) is 40.3 Å². The maximum absolute atomic E-state index is 6.64. The van der Waals surface area contributed by atoms with Crippen molar-refractivity contribution in [2.75, 3.05) is 4.90 Å². The predicted molar refractivity (Wildman–Crippen MR) is 166 cm³/mol. The number of ether oxygens (including phenoxy) is 1. The zero-order valence-corrected chi connectivity index (χ0v) is 24.1. The van der Waals surface area contributed by atoms with Crippen LogP contribution in [0, 0.1) is 20.8 Å². The van der Waals surface area contributed by atoms with E-state index in [-0.39, 0.29) is 12.1 Å². The smallest absolute Gasteiger partial charge is 0.174 e. The Bertz CT molecular complexity index is 1680. The fourth-order valence-electron chi connectivity index (χ4n) is 5.51. The minimum absolute atomic E-state index is 0.132. The Kier molecular flexibility index (Phi) is 7.05. The number of hydrogen-bond donors (Lipinski definition) is 1. The molecule has 1 saturated heterocycles. The number of halogens is 1. The number of pyridine rings is 1. The highest BCUT2D eigenvalue weighted by atomic mass is 35.5. The Hall–Kier alpha value is -4.13. The molecule has 2 atom stereocenters.